The molecule has 1 saturated heterocycles. The van der Waals surface area contributed by atoms with E-state index in [0.717, 1.165) is 50.4 Å². The molecule has 0 amide bonds. The first-order valence-electron chi connectivity index (χ1n) is 8.63. The molecule has 2 aromatic rings. The van der Waals surface area contributed by atoms with E-state index in [0.29, 0.717) is 17.1 Å². The second-order valence-corrected chi connectivity index (χ2v) is 6.26. The number of ether oxygens (including phenoxy) is 3. The zero-order valence-corrected chi connectivity index (χ0v) is 14.1. The molecule has 0 saturated carbocycles. The van der Waals surface area contributed by atoms with Gasteiger partial charge < -0.3 is 14.2 Å². The van der Waals surface area contributed by atoms with Crippen LogP contribution in [-0.4, -0.2) is 50.3 Å². The van der Waals surface area contributed by atoms with Crippen LogP contribution in [0.1, 0.15) is 21.5 Å². The number of carbonyl (C=O) groups is 1. The molecule has 0 atom stereocenters. The van der Waals surface area contributed by atoms with Crippen molar-refractivity contribution < 1.29 is 19.0 Å². The van der Waals surface area contributed by atoms with Crippen molar-refractivity contribution in [2.24, 2.45) is 0 Å². The van der Waals surface area contributed by atoms with Gasteiger partial charge >= 0.3 is 0 Å². The molecule has 0 aliphatic carbocycles. The lowest BCUT2D eigenvalue weighted by atomic mass is 9.96. The van der Waals surface area contributed by atoms with Crippen molar-refractivity contribution in [1.82, 2.24) is 4.90 Å². The SMILES string of the molecule is O=C(c1ccc2c(c1)OCO2)c1ccccc1CCN1CCOCC1. The predicted octanol–water partition coefficient (Wildman–Crippen LogP) is 2.52. The second-order valence-electron chi connectivity index (χ2n) is 6.26. The van der Waals surface area contributed by atoms with E-state index in [1.165, 1.54) is 0 Å². The lowest BCUT2D eigenvalue weighted by Gasteiger charge is -2.26. The van der Waals surface area contributed by atoms with Crippen LogP contribution in [0, 0.1) is 0 Å². The normalized spacial score (nSPS) is 16.8. The molecule has 2 aromatic carbocycles. The number of rotatable bonds is 5. The van der Waals surface area contributed by atoms with Crippen molar-refractivity contribution in [3.63, 3.8) is 0 Å². The predicted molar refractivity (Wildman–Crippen MR) is 93.4 cm³/mol. The molecule has 25 heavy (non-hydrogen) atoms. The number of benzene rings is 2. The molecule has 2 aliphatic rings. The van der Waals surface area contributed by atoms with Crippen molar-refractivity contribution in [2.75, 3.05) is 39.6 Å². The second kappa shape index (κ2) is 7.25. The van der Waals surface area contributed by atoms with Crippen molar-refractivity contribution >= 4 is 5.78 Å². The minimum Gasteiger partial charge on any atom is -0.454 e. The minimum atomic E-state index is 0.0240. The highest BCUT2D eigenvalue weighted by molar-refractivity contribution is 6.10. The largest absolute Gasteiger partial charge is 0.454 e. The number of hydrogen-bond donors (Lipinski definition) is 0. The molecule has 0 unspecified atom stereocenters. The molecule has 0 bridgehead atoms. The number of ketones is 1. The molecule has 0 N–H and O–H groups in total. The van der Waals surface area contributed by atoms with Crippen LogP contribution in [0.4, 0.5) is 0 Å². The summed E-state index contributed by atoms with van der Waals surface area (Å²) < 4.78 is 16.1. The van der Waals surface area contributed by atoms with Gasteiger partial charge in [0.2, 0.25) is 6.79 Å². The molecule has 1 fully saturated rings. The first-order valence-corrected chi connectivity index (χ1v) is 8.63. The molecule has 0 spiro atoms. The monoisotopic (exact) mass is 339 g/mol. The number of carbonyl (C=O) groups excluding carboxylic acids is 1. The molecule has 5 nitrogen and oxygen atoms in total. The quantitative estimate of drug-likeness (QED) is 0.784. The zero-order valence-electron chi connectivity index (χ0n) is 14.1. The average Bonchev–Trinajstić information content (AvgIpc) is 3.14. The third-order valence-corrected chi connectivity index (χ3v) is 4.70. The summed E-state index contributed by atoms with van der Waals surface area (Å²) in [7, 11) is 0. The molecule has 5 heteroatoms. The molecule has 0 aromatic heterocycles. The third-order valence-electron chi connectivity index (χ3n) is 4.70. The lowest BCUT2D eigenvalue weighted by Crippen LogP contribution is -2.37. The van der Waals surface area contributed by atoms with Gasteiger partial charge in [-0.2, -0.15) is 0 Å². The summed E-state index contributed by atoms with van der Waals surface area (Å²) in [6.45, 7) is 4.64. The molecule has 130 valence electrons. The number of fused-ring (bicyclic) bond motifs is 1. The summed E-state index contributed by atoms with van der Waals surface area (Å²) in [6, 6.07) is 13.2. The van der Waals surface area contributed by atoms with Crippen LogP contribution in [0.15, 0.2) is 42.5 Å². The van der Waals surface area contributed by atoms with Gasteiger partial charge in [0.25, 0.3) is 0 Å². The maximum absolute atomic E-state index is 13.0. The smallest absolute Gasteiger partial charge is 0.231 e. The Morgan fingerprint density at radius 1 is 1.00 bits per heavy atom. The summed E-state index contributed by atoms with van der Waals surface area (Å²) in [6.07, 6.45) is 0.854. The van der Waals surface area contributed by atoms with Crippen LogP contribution < -0.4 is 9.47 Å². The Kier molecular flexibility index (Phi) is 4.68. The van der Waals surface area contributed by atoms with E-state index in [1.54, 1.807) is 18.2 Å². The van der Waals surface area contributed by atoms with E-state index >= 15 is 0 Å². The molecular formula is C20H21NO4. The summed E-state index contributed by atoms with van der Waals surface area (Å²) >= 11 is 0. The Balaban J connectivity index is 1.52. The fraction of sp³-hybridized carbons (Fsp3) is 0.350. The fourth-order valence-electron chi connectivity index (χ4n) is 3.26. The van der Waals surface area contributed by atoms with Crippen molar-refractivity contribution in [2.45, 2.75) is 6.42 Å². The van der Waals surface area contributed by atoms with Gasteiger partial charge in [-0.05, 0) is 30.2 Å². The highest BCUT2D eigenvalue weighted by Crippen LogP contribution is 2.33. The molecule has 2 heterocycles. The van der Waals surface area contributed by atoms with Gasteiger partial charge in [0.15, 0.2) is 17.3 Å². The van der Waals surface area contributed by atoms with E-state index in [9.17, 15) is 4.79 Å². The van der Waals surface area contributed by atoms with Gasteiger partial charge in [0.1, 0.15) is 0 Å². The third kappa shape index (κ3) is 3.52. The van der Waals surface area contributed by atoms with E-state index in [-0.39, 0.29) is 12.6 Å². The van der Waals surface area contributed by atoms with Gasteiger partial charge in [0, 0.05) is 30.8 Å². The minimum absolute atomic E-state index is 0.0240. The van der Waals surface area contributed by atoms with Crippen LogP contribution in [0.25, 0.3) is 0 Å². The first kappa shape index (κ1) is 16.1. The van der Waals surface area contributed by atoms with Crippen LogP contribution in [0.3, 0.4) is 0 Å². The zero-order chi connectivity index (χ0) is 17.1. The standard InChI is InChI=1S/C20H21NO4/c22-20(16-5-6-18-19(13-16)25-14-24-18)17-4-2-1-3-15(17)7-8-21-9-11-23-12-10-21/h1-6,13H,7-12,14H2. The van der Waals surface area contributed by atoms with E-state index in [4.69, 9.17) is 14.2 Å². The number of hydrogen-bond acceptors (Lipinski definition) is 5. The highest BCUT2D eigenvalue weighted by Gasteiger charge is 2.19. The van der Waals surface area contributed by atoms with E-state index in [1.807, 2.05) is 24.3 Å². The molecule has 4 rings (SSSR count). The topological polar surface area (TPSA) is 48.0 Å². The van der Waals surface area contributed by atoms with Gasteiger partial charge in [-0.25, -0.2) is 0 Å². The Morgan fingerprint density at radius 3 is 2.68 bits per heavy atom. The summed E-state index contributed by atoms with van der Waals surface area (Å²) in [5.74, 6) is 1.35. The maximum Gasteiger partial charge on any atom is 0.231 e. The molecular weight excluding hydrogens is 318 g/mol. The van der Waals surface area contributed by atoms with E-state index in [2.05, 4.69) is 4.90 Å². The van der Waals surface area contributed by atoms with Gasteiger partial charge in [-0.3, -0.25) is 9.69 Å². The van der Waals surface area contributed by atoms with Crippen LogP contribution >= 0.6 is 0 Å². The fourth-order valence-corrected chi connectivity index (χ4v) is 3.26. The summed E-state index contributed by atoms with van der Waals surface area (Å²) in [4.78, 5) is 15.4. The lowest BCUT2D eigenvalue weighted by molar-refractivity contribution is 0.0384. The number of morpholine rings is 1. The van der Waals surface area contributed by atoms with Crippen LogP contribution in [-0.2, 0) is 11.2 Å². The summed E-state index contributed by atoms with van der Waals surface area (Å²) in [5, 5.41) is 0. The average molecular weight is 339 g/mol. The van der Waals surface area contributed by atoms with Gasteiger partial charge in [-0.15, -0.1) is 0 Å². The van der Waals surface area contributed by atoms with Crippen molar-refractivity contribution in [3.05, 3.63) is 59.2 Å². The van der Waals surface area contributed by atoms with Crippen molar-refractivity contribution in [1.29, 1.82) is 0 Å². The Bertz CT molecular complexity index is 768. The van der Waals surface area contributed by atoms with Crippen molar-refractivity contribution in [3.8, 4) is 11.5 Å². The molecule has 0 radical (unpaired) electrons. The van der Waals surface area contributed by atoms with Crippen LogP contribution in [0.5, 0.6) is 11.5 Å². The first-order chi connectivity index (χ1) is 12.3. The van der Waals surface area contributed by atoms with Gasteiger partial charge in [-0.1, -0.05) is 24.3 Å². The Morgan fingerprint density at radius 2 is 1.80 bits per heavy atom. The Labute approximate surface area is 147 Å². The summed E-state index contributed by atoms with van der Waals surface area (Å²) in [5.41, 5.74) is 2.47. The van der Waals surface area contributed by atoms with E-state index < -0.39 is 0 Å². The van der Waals surface area contributed by atoms with Gasteiger partial charge in [0.05, 0.1) is 13.2 Å². The maximum atomic E-state index is 13.0. The van der Waals surface area contributed by atoms with Crippen LogP contribution in [0.2, 0.25) is 0 Å². The Hall–Kier alpha value is -2.37. The highest BCUT2D eigenvalue weighted by atomic mass is 16.7. The number of nitrogens with zero attached hydrogens (tertiary/aromatic N) is 1. The molecule has 2 aliphatic heterocycles.